The highest BCUT2D eigenvalue weighted by Gasteiger charge is 2.15. The maximum Gasteiger partial charge on any atom is 0.242 e. The predicted molar refractivity (Wildman–Crippen MR) is 73.8 cm³/mol. The van der Waals surface area contributed by atoms with E-state index in [-0.39, 0.29) is 18.5 Å². The fourth-order valence-corrected chi connectivity index (χ4v) is 2.06. The molecule has 0 aliphatic heterocycles. The first-order chi connectivity index (χ1) is 9.60. The van der Waals surface area contributed by atoms with E-state index < -0.39 is 0 Å². The molecule has 0 spiro atoms. The molecule has 0 aromatic carbocycles. The summed E-state index contributed by atoms with van der Waals surface area (Å²) in [6.07, 6.45) is 4.48. The maximum atomic E-state index is 12.0. The minimum Gasteiger partial charge on any atom is -0.345 e. The third-order valence-electron chi connectivity index (χ3n) is 2.95. The van der Waals surface area contributed by atoms with E-state index in [9.17, 15) is 4.79 Å². The molecule has 1 atom stereocenters. The van der Waals surface area contributed by atoms with Gasteiger partial charge in [-0.1, -0.05) is 6.92 Å². The van der Waals surface area contributed by atoms with Crippen molar-refractivity contribution in [1.82, 2.24) is 29.9 Å². The highest BCUT2D eigenvalue weighted by Crippen LogP contribution is 2.09. The molecule has 7 nitrogen and oxygen atoms in total. The topological polar surface area (TPSA) is 77.6 Å². The van der Waals surface area contributed by atoms with Crippen molar-refractivity contribution in [3.63, 3.8) is 0 Å². The molecule has 0 aliphatic rings. The molecule has 1 unspecified atom stereocenters. The molecule has 2 rings (SSSR count). The number of hydrogen-bond acceptors (Lipinski definition) is 4. The van der Waals surface area contributed by atoms with Crippen molar-refractivity contribution in [3.8, 4) is 0 Å². The summed E-state index contributed by atoms with van der Waals surface area (Å²) in [5, 5.41) is 15.1. The van der Waals surface area contributed by atoms with Crippen LogP contribution >= 0.6 is 0 Å². The van der Waals surface area contributed by atoms with E-state index in [4.69, 9.17) is 0 Å². The molecule has 0 saturated heterocycles. The van der Waals surface area contributed by atoms with Crippen LogP contribution in [0.4, 0.5) is 0 Å². The number of amides is 1. The van der Waals surface area contributed by atoms with Gasteiger partial charge in [0.05, 0.1) is 11.7 Å². The average molecular weight is 276 g/mol. The quantitative estimate of drug-likeness (QED) is 0.856. The van der Waals surface area contributed by atoms with Gasteiger partial charge in [0.25, 0.3) is 0 Å². The lowest BCUT2D eigenvalue weighted by Crippen LogP contribution is -2.31. The second kappa shape index (κ2) is 6.31. The minimum absolute atomic E-state index is 0.0911. The number of aromatic nitrogens is 5. The maximum absolute atomic E-state index is 12.0. The molecule has 0 saturated carbocycles. The average Bonchev–Trinajstić information content (AvgIpc) is 2.99. The first-order valence-corrected chi connectivity index (χ1v) is 6.77. The Morgan fingerprint density at radius 1 is 1.50 bits per heavy atom. The van der Waals surface area contributed by atoms with E-state index in [1.54, 1.807) is 17.2 Å². The van der Waals surface area contributed by atoms with E-state index >= 15 is 0 Å². The van der Waals surface area contributed by atoms with Crippen molar-refractivity contribution >= 4 is 5.91 Å². The van der Waals surface area contributed by atoms with Gasteiger partial charge in [0.1, 0.15) is 12.9 Å². The summed E-state index contributed by atoms with van der Waals surface area (Å²) in [5.74, 6) is 0.684. The number of nitrogens with one attached hydrogen (secondary N) is 1. The molecule has 0 radical (unpaired) electrons. The molecule has 0 bridgehead atoms. The van der Waals surface area contributed by atoms with Gasteiger partial charge in [-0.25, -0.2) is 0 Å². The fraction of sp³-hybridized carbons (Fsp3) is 0.538. The van der Waals surface area contributed by atoms with Crippen LogP contribution in [0.3, 0.4) is 0 Å². The van der Waals surface area contributed by atoms with Crippen molar-refractivity contribution in [3.05, 3.63) is 30.1 Å². The van der Waals surface area contributed by atoms with Gasteiger partial charge in [-0.05, 0) is 26.3 Å². The zero-order chi connectivity index (χ0) is 14.5. The smallest absolute Gasteiger partial charge is 0.242 e. The van der Waals surface area contributed by atoms with Crippen LogP contribution in [-0.2, 0) is 17.9 Å². The van der Waals surface area contributed by atoms with Crippen LogP contribution in [0.1, 0.15) is 37.8 Å². The molecule has 2 aromatic heterocycles. The second-order valence-corrected chi connectivity index (χ2v) is 4.83. The van der Waals surface area contributed by atoms with Crippen LogP contribution in [0.2, 0.25) is 0 Å². The van der Waals surface area contributed by atoms with E-state index in [1.165, 1.54) is 0 Å². The molecule has 1 N–H and O–H groups in total. The Balaban J connectivity index is 1.94. The summed E-state index contributed by atoms with van der Waals surface area (Å²) in [6, 6.07) is 1.70. The molecule has 2 heterocycles. The molecule has 2 aromatic rings. The Morgan fingerprint density at radius 3 is 2.95 bits per heavy atom. The van der Waals surface area contributed by atoms with Crippen LogP contribution in [0.25, 0.3) is 0 Å². The molecule has 20 heavy (non-hydrogen) atoms. The van der Waals surface area contributed by atoms with Gasteiger partial charge >= 0.3 is 0 Å². The summed E-state index contributed by atoms with van der Waals surface area (Å²) in [5.41, 5.74) is 0.897. The summed E-state index contributed by atoms with van der Waals surface area (Å²) >= 11 is 0. The lowest BCUT2D eigenvalue weighted by molar-refractivity contribution is -0.122. The van der Waals surface area contributed by atoms with Gasteiger partial charge < -0.3 is 9.88 Å². The van der Waals surface area contributed by atoms with Crippen LogP contribution in [0, 0.1) is 6.92 Å². The van der Waals surface area contributed by atoms with Crippen LogP contribution in [0.5, 0.6) is 0 Å². The summed E-state index contributed by atoms with van der Waals surface area (Å²) < 4.78 is 3.58. The summed E-state index contributed by atoms with van der Waals surface area (Å²) in [7, 11) is 0. The molecule has 0 fully saturated rings. The summed E-state index contributed by atoms with van der Waals surface area (Å²) in [4.78, 5) is 12.0. The first kappa shape index (κ1) is 14.2. The lowest BCUT2D eigenvalue weighted by Gasteiger charge is -2.14. The van der Waals surface area contributed by atoms with Gasteiger partial charge in [-0.3, -0.25) is 9.48 Å². The van der Waals surface area contributed by atoms with Gasteiger partial charge in [0.2, 0.25) is 5.91 Å². The Morgan fingerprint density at radius 2 is 2.30 bits per heavy atom. The molecular weight excluding hydrogens is 256 g/mol. The molecule has 7 heteroatoms. The van der Waals surface area contributed by atoms with Gasteiger partial charge in [-0.15, -0.1) is 10.2 Å². The van der Waals surface area contributed by atoms with Gasteiger partial charge in [0, 0.05) is 12.7 Å². The zero-order valence-corrected chi connectivity index (χ0v) is 12.1. The van der Waals surface area contributed by atoms with Crippen LogP contribution in [-0.4, -0.2) is 30.5 Å². The van der Waals surface area contributed by atoms with Crippen molar-refractivity contribution in [2.75, 3.05) is 0 Å². The Labute approximate surface area is 118 Å². The number of aryl methyl sites for hydroxylation is 2. The Hall–Kier alpha value is -2.18. The van der Waals surface area contributed by atoms with Crippen molar-refractivity contribution in [1.29, 1.82) is 0 Å². The van der Waals surface area contributed by atoms with E-state index in [2.05, 4.69) is 27.5 Å². The normalized spacial score (nSPS) is 12.3. The van der Waals surface area contributed by atoms with E-state index in [0.29, 0.717) is 0 Å². The number of hydrogen-bond donors (Lipinski definition) is 1. The Bertz CT molecular complexity index is 573. The minimum atomic E-state index is -0.173. The van der Waals surface area contributed by atoms with Gasteiger partial charge in [-0.2, -0.15) is 5.10 Å². The van der Waals surface area contributed by atoms with E-state index in [0.717, 1.165) is 24.5 Å². The standard InChI is InChI=1S/C13H20N6O/c1-4-6-18-9-14-16-13(18)11(3)15-12(20)8-19-7-5-10(2)17-19/h5,7,9,11H,4,6,8H2,1-3H3,(H,15,20). The molecule has 108 valence electrons. The molecular formula is C13H20N6O. The zero-order valence-electron chi connectivity index (χ0n) is 12.1. The Kier molecular flexibility index (Phi) is 4.49. The molecule has 0 aliphatic carbocycles. The fourth-order valence-electron chi connectivity index (χ4n) is 2.06. The number of nitrogens with zero attached hydrogens (tertiary/aromatic N) is 5. The third-order valence-corrected chi connectivity index (χ3v) is 2.95. The van der Waals surface area contributed by atoms with Crippen LogP contribution < -0.4 is 5.32 Å². The number of carbonyl (C=O) groups excluding carboxylic acids is 1. The van der Waals surface area contributed by atoms with Crippen LogP contribution in [0.15, 0.2) is 18.6 Å². The first-order valence-electron chi connectivity index (χ1n) is 6.77. The second-order valence-electron chi connectivity index (χ2n) is 4.83. The van der Waals surface area contributed by atoms with E-state index in [1.807, 2.05) is 24.5 Å². The largest absolute Gasteiger partial charge is 0.345 e. The number of carbonyl (C=O) groups is 1. The SMILES string of the molecule is CCCn1cnnc1C(C)NC(=O)Cn1ccc(C)n1. The number of rotatable bonds is 6. The van der Waals surface area contributed by atoms with Gasteiger partial charge in [0.15, 0.2) is 5.82 Å². The highest BCUT2D eigenvalue weighted by atomic mass is 16.2. The van der Waals surface area contributed by atoms with Crippen molar-refractivity contribution in [2.45, 2.75) is 46.3 Å². The van der Waals surface area contributed by atoms with Crippen molar-refractivity contribution < 1.29 is 4.79 Å². The monoisotopic (exact) mass is 276 g/mol. The molecule has 1 amide bonds. The third kappa shape index (κ3) is 3.43. The predicted octanol–water partition coefficient (Wildman–Crippen LogP) is 1.07. The highest BCUT2D eigenvalue weighted by molar-refractivity contribution is 5.75. The van der Waals surface area contributed by atoms with Crippen molar-refractivity contribution in [2.24, 2.45) is 0 Å². The lowest BCUT2D eigenvalue weighted by atomic mass is 10.3. The summed E-state index contributed by atoms with van der Waals surface area (Å²) in [6.45, 7) is 6.95.